The SMILES string of the molecule is N#C[C@@H]1C[C@@H]2C[C@@H]2N1C(=O)[C@@H](N)CN1CC2C[C@@H]1C(=O)N2c1cccc(-c2nn[nH]n2)c1. The van der Waals surface area contributed by atoms with Gasteiger partial charge in [0, 0.05) is 30.4 Å². The van der Waals surface area contributed by atoms with E-state index >= 15 is 0 Å². The first-order valence-corrected chi connectivity index (χ1v) is 10.9. The van der Waals surface area contributed by atoms with Gasteiger partial charge in [0.15, 0.2) is 0 Å². The van der Waals surface area contributed by atoms with Crippen LogP contribution in [0.1, 0.15) is 19.3 Å². The molecular weight excluding hydrogens is 410 g/mol. The number of aromatic nitrogens is 4. The van der Waals surface area contributed by atoms with E-state index in [1.54, 1.807) is 4.90 Å². The molecule has 4 aliphatic rings. The number of rotatable bonds is 5. The van der Waals surface area contributed by atoms with Crippen LogP contribution in [-0.4, -0.2) is 85.5 Å². The maximum absolute atomic E-state index is 13.2. The van der Waals surface area contributed by atoms with Gasteiger partial charge in [0.1, 0.15) is 6.04 Å². The van der Waals surface area contributed by atoms with Crippen molar-refractivity contribution in [1.82, 2.24) is 30.4 Å². The second-order valence-electron chi connectivity index (χ2n) is 9.15. The Kier molecular flexibility index (Phi) is 4.28. The number of carbonyl (C=O) groups is 2. The lowest BCUT2D eigenvalue weighted by Crippen LogP contribution is -2.57. The molecule has 1 saturated carbocycles. The van der Waals surface area contributed by atoms with Crippen LogP contribution >= 0.6 is 0 Å². The number of piperidine rings is 1. The standard InChI is InChI=1S/C21H23N9O2/c22-8-14-5-12-6-17(12)30(14)20(31)16(23)10-28-9-15-7-18(28)21(32)29(15)13-3-1-2-11(4-13)19-24-26-27-25-19/h1-4,12,14-18H,5-7,9-10,23H2,(H,24,25,26,27)/t12-,14+,15?,16+,17+,18-/m1/s1. The lowest BCUT2D eigenvalue weighted by Gasteiger charge is -2.35. The quantitative estimate of drug-likeness (QED) is 0.641. The van der Waals surface area contributed by atoms with Crippen LogP contribution in [0.2, 0.25) is 0 Å². The molecule has 6 rings (SSSR count). The van der Waals surface area contributed by atoms with Gasteiger partial charge in [-0.2, -0.15) is 10.5 Å². The highest BCUT2D eigenvalue weighted by Gasteiger charge is 2.55. The Hall–Kier alpha value is -3.36. The third-order valence-electron chi connectivity index (χ3n) is 7.25. The number of benzene rings is 1. The molecule has 164 valence electrons. The Morgan fingerprint density at radius 3 is 2.97 bits per heavy atom. The number of H-pyrrole nitrogens is 1. The number of anilines is 1. The van der Waals surface area contributed by atoms with E-state index in [0.717, 1.165) is 24.1 Å². The van der Waals surface area contributed by atoms with Gasteiger partial charge in [-0.05, 0) is 42.5 Å². The number of amides is 2. The van der Waals surface area contributed by atoms with Gasteiger partial charge >= 0.3 is 0 Å². The Labute approximate surface area is 184 Å². The minimum atomic E-state index is -0.729. The maximum Gasteiger partial charge on any atom is 0.244 e. The number of aromatic amines is 1. The predicted molar refractivity (Wildman–Crippen MR) is 112 cm³/mol. The van der Waals surface area contributed by atoms with Crippen LogP contribution in [0.25, 0.3) is 11.4 Å². The van der Waals surface area contributed by atoms with E-state index in [1.807, 2.05) is 34.1 Å². The van der Waals surface area contributed by atoms with Crippen LogP contribution in [0.3, 0.4) is 0 Å². The van der Waals surface area contributed by atoms with Crippen LogP contribution in [0.5, 0.6) is 0 Å². The molecule has 3 aliphatic heterocycles. The zero-order valence-electron chi connectivity index (χ0n) is 17.3. The van der Waals surface area contributed by atoms with Crippen molar-refractivity contribution < 1.29 is 9.59 Å². The Bertz CT molecular complexity index is 1110. The van der Waals surface area contributed by atoms with Gasteiger partial charge in [-0.15, -0.1) is 10.2 Å². The number of hydrogen-bond acceptors (Lipinski definition) is 8. The second-order valence-corrected chi connectivity index (χ2v) is 9.15. The van der Waals surface area contributed by atoms with Gasteiger partial charge < -0.3 is 15.5 Å². The minimum Gasteiger partial charge on any atom is -0.322 e. The number of carbonyl (C=O) groups excluding carboxylic acids is 2. The van der Waals surface area contributed by atoms with E-state index in [-0.39, 0.29) is 36.0 Å². The molecule has 4 heterocycles. The molecule has 6 atom stereocenters. The first kappa shape index (κ1) is 19.3. The van der Waals surface area contributed by atoms with Crippen LogP contribution in [-0.2, 0) is 9.59 Å². The largest absolute Gasteiger partial charge is 0.322 e. The Balaban J connectivity index is 1.14. The molecule has 0 spiro atoms. The molecule has 4 fully saturated rings. The normalized spacial score (nSPS) is 31.6. The van der Waals surface area contributed by atoms with E-state index in [0.29, 0.717) is 31.3 Å². The van der Waals surface area contributed by atoms with Crippen LogP contribution < -0.4 is 10.6 Å². The number of nitriles is 1. The van der Waals surface area contributed by atoms with Gasteiger partial charge in [0.05, 0.1) is 24.2 Å². The maximum atomic E-state index is 13.2. The third-order valence-corrected chi connectivity index (χ3v) is 7.25. The number of nitrogens with zero attached hydrogens (tertiary/aromatic N) is 7. The van der Waals surface area contributed by atoms with Gasteiger partial charge in [0.25, 0.3) is 0 Å². The number of fused-ring (bicyclic) bond motifs is 3. The molecule has 1 aromatic carbocycles. The molecule has 1 aromatic heterocycles. The average molecular weight is 433 g/mol. The molecule has 2 amide bonds. The van der Waals surface area contributed by atoms with Gasteiger partial charge in [-0.25, -0.2) is 0 Å². The highest BCUT2D eigenvalue weighted by atomic mass is 16.2. The zero-order chi connectivity index (χ0) is 22.0. The molecule has 32 heavy (non-hydrogen) atoms. The lowest BCUT2D eigenvalue weighted by molar-refractivity contribution is -0.135. The summed E-state index contributed by atoms with van der Waals surface area (Å²) in [4.78, 5) is 31.7. The second kappa shape index (κ2) is 7.08. The number of nitrogens with two attached hydrogens (primary N) is 1. The van der Waals surface area contributed by atoms with E-state index < -0.39 is 6.04 Å². The fraction of sp³-hybridized carbons (Fsp3) is 0.524. The van der Waals surface area contributed by atoms with Crippen LogP contribution in [0, 0.1) is 17.2 Å². The van der Waals surface area contributed by atoms with E-state index in [4.69, 9.17) is 5.73 Å². The Morgan fingerprint density at radius 2 is 2.22 bits per heavy atom. The summed E-state index contributed by atoms with van der Waals surface area (Å²) < 4.78 is 0. The highest BCUT2D eigenvalue weighted by Crippen LogP contribution is 2.47. The number of nitrogens with one attached hydrogen (secondary N) is 1. The van der Waals surface area contributed by atoms with Crippen LogP contribution in [0.15, 0.2) is 24.3 Å². The zero-order valence-corrected chi connectivity index (χ0v) is 17.3. The molecule has 3 saturated heterocycles. The fourth-order valence-corrected chi connectivity index (χ4v) is 5.69. The summed E-state index contributed by atoms with van der Waals surface area (Å²) in [5, 5.41) is 23.4. The summed E-state index contributed by atoms with van der Waals surface area (Å²) in [5.41, 5.74) is 7.87. The van der Waals surface area contributed by atoms with Gasteiger partial charge in [0.2, 0.25) is 17.6 Å². The smallest absolute Gasteiger partial charge is 0.244 e. The highest BCUT2D eigenvalue weighted by molar-refractivity contribution is 6.01. The summed E-state index contributed by atoms with van der Waals surface area (Å²) in [6.45, 7) is 0.992. The van der Waals surface area contributed by atoms with Crippen molar-refractivity contribution in [1.29, 1.82) is 5.26 Å². The van der Waals surface area contributed by atoms with Crippen LogP contribution in [0.4, 0.5) is 5.69 Å². The summed E-state index contributed by atoms with van der Waals surface area (Å²) in [7, 11) is 0. The molecule has 11 heteroatoms. The number of tetrazole rings is 1. The molecule has 1 unspecified atom stereocenters. The average Bonchev–Trinajstić information content (AvgIpc) is 3.25. The summed E-state index contributed by atoms with van der Waals surface area (Å²) >= 11 is 0. The van der Waals surface area contributed by atoms with Crippen molar-refractivity contribution >= 4 is 17.5 Å². The lowest BCUT2D eigenvalue weighted by atomic mass is 10.1. The molecular formula is C21H23N9O2. The number of likely N-dealkylation sites (tertiary alicyclic amines) is 2. The van der Waals surface area contributed by atoms with Crippen molar-refractivity contribution in [2.75, 3.05) is 18.0 Å². The number of hydrogen-bond donors (Lipinski definition) is 2. The molecule has 2 bridgehead atoms. The van der Waals surface area contributed by atoms with E-state index in [9.17, 15) is 14.9 Å². The Morgan fingerprint density at radius 1 is 1.34 bits per heavy atom. The van der Waals surface area contributed by atoms with E-state index in [2.05, 4.69) is 26.7 Å². The third kappa shape index (κ3) is 2.91. The molecule has 1 aliphatic carbocycles. The fourth-order valence-electron chi connectivity index (χ4n) is 5.69. The summed E-state index contributed by atoms with van der Waals surface area (Å²) in [6.07, 6.45) is 2.44. The van der Waals surface area contributed by atoms with Crippen molar-refractivity contribution in [3.63, 3.8) is 0 Å². The van der Waals surface area contributed by atoms with Crippen molar-refractivity contribution in [3.05, 3.63) is 24.3 Å². The molecule has 11 nitrogen and oxygen atoms in total. The van der Waals surface area contributed by atoms with Crippen molar-refractivity contribution in [3.8, 4) is 17.5 Å². The monoisotopic (exact) mass is 433 g/mol. The summed E-state index contributed by atoms with van der Waals surface area (Å²) in [6, 6.07) is 8.61. The molecule has 0 radical (unpaired) electrons. The summed E-state index contributed by atoms with van der Waals surface area (Å²) in [5.74, 6) is 0.785. The number of piperazine rings is 1. The van der Waals surface area contributed by atoms with Gasteiger partial charge in [-0.1, -0.05) is 12.1 Å². The first-order chi connectivity index (χ1) is 15.5. The first-order valence-electron chi connectivity index (χ1n) is 10.9. The van der Waals surface area contributed by atoms with Crippen molar-refractivity contribution in [2.45, 2.75) is 49.5 Å². The molecule has 2 aromatic rings. The minimum absolute atomic E-state index is 0.0180. The predicted octanol–water partition coefficient (Wildman–Crippen LogP) is -0.504. The molecule has 3 N–H and O–H groups in total. The van der Waals surface area contributed by atoms with Gasteiger partial charge in [-0.3, -0.25) is 14.5 Å². The van der Waals surface area contributed by atoms with E-state index in [1.165, 1.54) is 0 Å². The van der Waals surface area contributed by atoms with Crippen molar-refractivity contribution in [2.24, 2.45) is 11.7 Å². The topological polar surface area (TPSA) is 148 Å².